The van der Waals surface area contributed by atoms with Gasteiger partial charge < -0.3 is 9.30 Å². The molecule has 1 aliphatic carbocycles. The Hall–Kier alpha value is 2.43. The van der Waals surface area contributed by atoms with Gasteiger partial charge in [0, 0.05) is 63.7 Å². The average molecular weight is 1140 g/mol. The molecule has 0 fully saturated rings. The second-order valence-corrected chi connectivity index (χ2v) is 31.2. The van der Waals surface area contributed by atoms with Crippen molar-refractivity contribution in [2.24, 2.45) is 0 Å². The predicted molar refractivity (Wildman–Crippen MR) is 183 cm³/mol. The number of rotatable bonds is 5. The molecule has 0 atom stereocenters. The maximum atomic E-state index is 6.09. The first kappa shape index (κ1) is 35.5. The summed E-state index contributed by atoms with van der Waals surface area (Å²) in [4.78, 5) is 15.9. The van der Waals surface area contributed by atoms with E-state index in [0.717, 1.165) is 41.4 Å². The Bertz CT molecular complexity index is 1120. The van der Waals surface area contributed by atoms with E-state index in [1.807, 2.05) is 29.0 Å². The Morgan fingerprint density at radius 2 is 1.60 bits per heavy atom. The van der Waals surface area contributed by atoms with Crippen LogP contribution in [0.5, 0.6) is 0 Å². The summed E-state index contributed by atoms with van der Waals surface area (Å²) in [6, 6.07) is 3.00. The number of halogens is 9. The van der Waals surface area contributed by atoms with Crippen LogP contribution in [0.2, 0.25) is 46.6 Å². The fourth-order valence-electron chi connectivity index (χ4n) is 2.74. The fraction of sp³-hybridized carbons (Fsp3) is 0.368. The minimum absolute atomic E-state index is 0.162. The van der Waals surface area contributed by atoms with E-state index in [4.69, 9.17) is 51.1 Å². The Morgan fingerprint density at radius 3 is 2.23 bits per heavy atom. The van der Waals surface area contributed by atoms with Gasteiger partial charge in [0.25, 0.3) is 0 Å². The van der Waals surface area contributed by atoms with Crippen molar-refractivity contribution < 1.29 is 18.0 Å². The molecule has 16 heteroatoms. The van der Waals surface area contributed by atoms with Gasteiger partial charge in [0.2, 0.25) is 10.6 Å². The van der Waals surface area contributed by atoms with Crippen molar-refractivity contribution >= 4 is 146 Å². The van der Waals surface area contributed by atoms with E-state index in [9.17, 15) is 0 Å². The van der Waals surface area contributed by atoms with Crippen LogP contribution in [0.4, 0.5) is 0 Å². The van der Waals surface area contributed by atoms with E-state index < -0.39 is 8.07 Å². The normalized spacial score (nSPS) is 11.7. The zero-order chi connectivity index (χ0) is 26.6. The molecule has 35 heavy (non-hydrogen) atoms. The number of hydrogen-bond donors (Lipinski definition) is 0. The van der Waals surface area contributed by atoms with Gasteiger partial charge in [0.1, 0.15) is 17.4 Å². The van der Waals surface area contributed by atoms with Gasteiger partial charge in [-0.1, -0.05) is 48.9 Å². The van der Waals surface area contributed by atoms with Crippen molar-refractivity contribution in [1.82, 2.24) is 24.5 Å². The first-order chi connectivity index (χ1) is 16.6. The van der Waals surface area contributed by atoms with E-state index >= 15 is 0 Å². The second-order valence-electron chi connectivity index (χ2n) is 7.96. The van der Waals surface area contributed by atoms with Crippen LogP contribution < -0.4 is 13.3 Å². The van der Waals surface area contributed by atoms with E-state index in [2.05, 4.69) is 114 Å². The van der Waals surface area contributed by atoms with Crippen LogP contribution in [0, 0.1) is 0 Å². The summed E-state index contributed by atoms with van der Waals surface area (Å²) in [6.07, 6.45) is 6.58. The van der Waals surface area contributed by atoms with Crippen LogP contribution in [-0.2, 0) is 17.9 Å². The number of allylic oxidation sites excluding steroid dienone is 1. The van der Waals surface area contributed by atoms with Crippen LogP contribution >= 0.6 is 121 Å². The number of aromatic nitrogens is 5. The molecule has 196 valence electrons. The van der Waals surface area contributed by atoms with Gasteiger partial charge >= 0.3 is 50.5 Å². The number of nitrogens with zero attached hydrogens (tertiary/aromatic N) is 5. The molecule has 3 aromatic rings. The van der Waals surface area contributed by atoms with Crippen molar-refractivity contribution in [1.29, 1.82) is 0 Å². The summed E-state index contributed by atoms with van der Waals surface area (Å²) in [6.45, 7) is 8.20. The van der Waals surface area contributed by atoms with Gasteiger partial charge in [-0.15, -0.1) is 0 Å². The molecule has 0 aromatic carbocycles. The molecule has 0 spiro atoms. The van der Waals surface area contributed by atoms with Crippen molar-refractivity contribution in [3.63, 3.8) is 0 Å². The van der Waals surface area contributed by atoms with Gasteiger partial charge in [0.05, 0.1) is 11.2 Å². The number of fused-ring (bicyclic) bond motifs is 2. The zero-order valence-corrected chi connectivity index (χ0v) is 33.5. The summed E-state index contributed by atoms with van der Waals surface area (Å²) in [7, 11) is -1.05. The van der Waals surface area contributed by atoms with Crippen LogP contribution in [0.3, 0.4) is 0 Å². The van der Waals surface area contributed by atoms with Crippen LogP contribution in [0.15, 0.2) is 18.3 Å². The third-order valence-electron chi connectivity index (χ3n) is 4.33. The van der Waals surface area contributed by atoms with Crippen LogP contribution in [0.25, 0.3) is 17.1 Å². The van der Waals surface area contributed by atoms with Gasteiger partial charge in [-0.2, -0.15) is 0 Å². The molecule has 4 rings (SSSR count). The van der Waals surface area contributed by atoms with Crippen molar-refractivity contribution in [3.05, 3.63) is 50.5 Å². The van der Waals surface area contributed by atoms with Gasteiger partial charge in [-0.3, -0.25) is 0 Å². The van der Waals surface area contributed by atoms with E-state index in [0.29, 0.717) is 30.3 Å². The quantitative estimate of drug-likeness (QED) is 0.0912. The summed E-state index contributed by atoms with van der Waals surface area (Å²) >= 11 is 32.8. The molecule has 3 heterocycles. The standard InChI is InChI=1S/C12H17Cl2N3OSi.C7H4Cl2N2.I3.I2/c1-19(2,3)7-6-18-8-17-5-4-9-10(17)11(13)16-12(14)15-9;8-6-4-2-1-3-5(4)10-7(9)11-6;1-3-2;1-2/h4-5H,6-8H2,1-3H3;1,3H,2H2;;/q;;-1;. The molecule has 1 aliphatic rings. The van der Waals surface area contributed by atoms with Crippen molar-refractivity contribution in [2.45, 2.75) is 38.8 Å². The van der Waals surface area contributed by atoms with Crippen molar-refractivity contribution in [2.75, 3.05) is 6.61 Å². The fourth-order valence-corrected chi connectivity index (χ4v) is 4.48. The molecule has 0 bridgehead atoms. The minimum atomic E-state index is -1.05. The Morgan fingerprint density at radius 1 is 1.00 bits per heavy atom. The van der Waals surface area contributed by atoms with Gasteiger partial charge in [-0.25, -0.2) is 19.9 Å². The molecule has 0 unspecified atom stereocenters. The van der Waals surface area contributed by atoms with E-state index in [1.54, 1.807) is 0 Å². The molecule has 0 amide bonds. The maximum absolute atomic E-state index is 6.09. The molecular weight excluding hydrogens is 1120 g/mol. The van der Waals surface area contributed by atoms with Crippen LogP contribution in [-0.4, -0.2) is 39.2 Å². The van der Waals surface area contributed by atoms with E-state index in [-0.39, 0.29) is 10.6 Å². The molecule has 0 radical (unpaired) electrons. The summed E-state index contributed by atoms with van der Waals surface area (Å²) in [5, 5.41) is 1.19. The topological polar surface area (TPSA) is 65.7 Å². The second kappa shape index (κ2) is 18.7. The molecule has 6 nitrogen and oxygen atoms in total. The van der Waals surface area contributed by atoms with Gasteiger partial charge in [-0.05, 0) is 47.8 Å². The van der Waals surface area contributed by atoms with Crippen molar-refractivity contribution in [3.8, 4) is 0 Å². The summed E-state index contributed by atoms with van der Waals surface area (Å²) < 4.78 is 7.60. The Balaban J connectivity index is 0.000000322. The average Bonchev–Trinajstić information content (AvgIpc) is 3.40. The summed E-state index contributed by atoms with van der Waals surface area (Å²) in [5.74, 6) is 0. The molecule has 3 aromatic heterocycles. The first-order valence-corrected chi connectivity index (χ1v) is 33.8. The Labute approximate surface area is 279 Å². The molecule has 0 saturated heterocycles. The Kier molecular flexibility index (Phi) is 19.0. The molecule has 0 saturated carbocycles. The SMILES string of the molecule is C[Si](C)(C)CCOCn1ccc2nc(Cl)nc(Cl)c21.Clc1nc(Cl)c2c(n1)C=CC2.II.I[I-]I. The van der Waals surface area contributed by atoms with Crippen LogP contribution in [0.1, 0.15) is 11.3 Å². The molecule has 0 aliphatic heterocycles. The first-order valence-electron chi connectivity index (χ1n) is 9.71. The molecular formula is C19H21Cl4I5N5OSi-. The number of hydrogen-bond acceptors (Lipinski definition) is 5. The monoisotopic (exact) mass is 1140 g/mol. The van der Waals surface area contributed by atoms with E-state index in [1.165, 1.54) is 0 Å². The number of ether oxygens (including phenoxy) is 1. The van der Waals surface area contributed by atoms with Gasteiger partial charge in [0.15, 0.2) is 5.15 Å². The third-order valence-corrected chi connectivity index (χ3v) is 6.94. The zero-order valence-electron chi connectivity index (χ0n) is 18.7. The molecule has 0 N–H and O–H groups in total. The summed E-state index contributed by atoms with van der Waals surface area (Å²) in [5.41, 5.74) is 3.31. The predicted octanol–water partition coefficient (Wildman–Crippen LogP) is 6.95. The third kappa shape index (κ3) is 13.1.